The van der Waals surface area contributed by atoms with Crippen molar-refractivity contribution < 1.29 is 32.6 Å². The maximum Gasteiger partial charge on any atom is 0.349 e. The van der Waals surface area contributed by atoms with Gasteiger partial charge in [-0.15, -0.1) is 0 Å². The fraction of sp³-hybridized carbons (Fsp3) is 0.412. The van der Waals surface area contributed by atoms with E-state index < -0.39 is 21.6 Å². The second-order valence-corrected chi connectivity index (χ2v) is 7.96. The van der Waals surface area contributed by atoms with Crippen molar-refractivity contribution in [2.45, 2.75) is 13.0 Å². The molecule has 1 aromatic carbocycles. The Kier molecular flexibility index (Phi) is 9.21. The molecule has 5 N–H and O–H groups in total. The molecule has 3 rings (SSSR count). The monoisotopic (exact) mass is 491 g/mol. The first-order valence-electron chi connectivity index (χ1n) is 9.37. The normalized spacial score (nSPS) is 11.7. The molecule has 2 aliphatic heterocycles. The average molecular weight is 492 g/mol. The van der Waals surface area contributed by atoms with Gasteiger partial charge in [0.1, 0.15) is 13.1 Å². The number of halogens is 1. The molecule has 0 amide bonds. The lowest BCUT2D eigenvalue weighted by molar-refractivity contribution is -0.901. The van der Waals surface area contributed by atoms with Gasteiger partial charge in [0.05, 0.1) is 30.8 Å². The lowest BCUT2D eigenvalue weighted by Crippen LogP contribution is -3.13. The molecule has 0 unspecified atom stereocenters. The van der Waals surface area contributed by atoms with Gasteiger partial charge >= 0.3 is 5.69 Å². The molecule has 2 aliphatic rings. The van der Waals surface area contributed by atoms with Gasteiger partial charge in [0.15, 0.2) is 11.5 Å². The number of aliphatic hydroxyl groups excluding tert-OH is 2. The third-order valence-corrected chi connectivity index (χ3v) is 4.65. The number of nitrogens with zero attached hydrogens (tertiary/aromatic N) is 3. The largest absolute Gasteiger partial charge is 0.726 e. The lowest BCUT2D eigenvalue weighted by atomic mass is 10.2. The Hall–Kier alpha value is -2.46. The van der Waals surface area contributed by atoms with Crippen LogP contribution in [0.3, 0.4) is 0 Å². The number of H-pyrrole nitrogens is 1. The molecule has 0 radical (unpaired) electrons. The van der Waals surface area contributed by atoms with Crippen LogP contribution in [-0.2, 0) is 16.9 Å². The van der Waals surface area contributed by atoms with Gasteiger partial charge in [-0.2, -0.15) is 4.98 Å². The van der Waals surface area contributed by atoms with Crippen LogP contribution in [0, 0.1) is 0 Å². The molecule has 0 saturated heterocycles. The van der Waals surface area contributed by atoms with Crippen LogP contribution >= 0.6 is 11.6 Å². The van der Waals surface area contributed by atoms with E-state index in [9.17, 15) is 9.59 Å². The molecular weight excluding hydrogens is 470 g/mol. The first-order chi connectivity index (χ1) is 15.0. The van der Waals surface area contributed by atoms with Crippen LogP contribution in [0.25, 0.3) is 22.6 Å². The number of quaternary nitrogens is 1. The molecule has 176 valence electrons. The minimum Gasteiger partial charge on any atom is -0.726 e. The minimum absolute atomic E-state index is 0.0402. The molecule has 0 saturated carbocycles. The number of rotatable bonds is 8. The van der Waals surface area contributed by atoms with Crippen molar-refractivity contribution in [3.8, 4) is 11.5 Å². The summed E-state index contributed by atoms with van der Waals surface area (Å²) in [5.74, 6) is 0.226. The minimum atomic E-state index is -4.92. The van der Waals surface area contributed by atoms with Gasteiger partial charge in [0, 0.05) is 18.0 Å². The summed E-state index contributed by atoms with van der Waals surface area (Å²) in [7, 11) is -4.92. The predicted molar refractivity (Wildman–Crippen MR) is 113 cm³/mol. The van der Waals surface area contributed by atoms with Gasteiger partial charge in [0.2, 0.25) is 10.4 Å². The first-order valence-corrected chi connectivity index (χ1v) is 11.1. The third-order valence-electron chi connectivity index (χ3n) is 4.41. The van der Waals surface area contributed by atoms with Crippen molar-refractivity contribution in [1.82, 2.24) is 19.5 Å². The van der Waals surface area contributed by atoms with E-state index >= 15 is 0 Å². The van der Waals surface area contributed by atoms with Gasteiger partial charge in [-0.05, 0) is 18.2 Å². The number of aromatic amines is 1. The Morgan fingerprint density at radius 1 is 1.12 bits per heavy atom. The van der Waals surface area contributed by atoms with Crippen molar-refractivity contribution in [3.05, 3.63) is 44.1 Å². The first kappa shape index (κ1) is 25.8. The second-order valence-electron chi connectivity index (χ2n) is 6.67. The van der Waals surface area contributed by atoms with Crippen molar-refractivity contribution >= 4 is 33.0 Å². The van der Waals surface area contributed by atoms with Crippen LogP contribution in [-0.4, -0.2) is 80.1 Å². The number of fused-ring (bicyclic) bond motifs is 2. The molecule has 13 nitrogen and oxygen atoms in total. The second kappa shape index (κ2) is 11.4. The van der Waals surface area contributed by atoms with Crippen LogP contribution in [0.5, 0.6) is 0 Å². The highest BCUT2D eigenvalue weighted by molar-refractivity contribution is 7.79. The smallest absolute Gasteiger partial charge is 0.349 e. The van der Waals surface area contributed by atoms with Crippen LogP contribution < -0.4 is 16.1 Å². The van der Waals surface area contributed by atoms with Crippen LogP contribution in [0.1, 0.15) is 6.42 Å². The molecular formula is C17H22ClN5O8S. The summed E-state index contributed by atoms with van der Waals surface area (Å²) in [6.45, 7) is 2.37. The predicted octanol–water partition coefficient (Wildman–Crippen LogP) is -2.50. The summed E-state index contributed by atoms with van der Waals surface area (Å²) in [6.07, 6.45) is 0.694. The number of aliphatic hydroxyl groups is 2. The maximum absolute atomic E-state index is 12.2. The molecule has 1 aromatic rings. The molecule has 32 heavy (non-hydrogen) atoms. The molecule has 15 heteroatoms. The zero-order chi connectivity index (χ0) is 23.9. The van der Waals surface area contributed by atoms with Crippen LogP contribution in [0.4, 0.5) is 0 Å². The van der Waals surface area contributed by atoms with Crippen LogP contribution in [0.15, 0.2) is 27.8 Å². The van der Waals surface area contributed by atoms with E-state index in [4.69, 9.17) is 39.3 Å². The zero-order valence-electron chi connectivity index (χ0n) is 16.7. The van der Waals surface area contributed by atoms with E-state index in [0.717, 1.165) is 10.4 Å². The zero-order valence-corrected chi connectivity index (χ0v) is 18.3. The van der Waals surface area contributed by atoms with Crippen molar-refractivity contribution in [2.75, 3.05) is 32.8 Å². The van der Waals surface area contributed by atoms with Crippen LogP contribution in [0.2, 0.25) is 5.02 Å². The van der Waals surface area contributed by atoms with Gasteiger partial charge in [-0.3, -0.25) is 14.3 Å². The number of nitrogens with one attached hydrogen (secondary N) is 2. The van der Waals surface area contributed by atoms with Crippen molar-refractivity contribution in [2.24, 2.45) is 0 Å². The topological polar surface area (TPSA) is 203 Å². The Morgan fingerprint density at radius 3 is 2.34 bits per heavy atom. The van der Waals surface area contributed by atoms with Gasteiger partial charge in [-0.25, -0.2) is 18.2 Å². The Balaban J connectivity index is 0.000000654. The van der Waals surface area contributed by atoms with E-state index in [2.05, 4.69) is 15.0 Å². The molecule has 0 fully saturated rings. The fourth-order valence-electron chi connectivity index (χ4n) is 3.18. The van der Waals surface area contributed by atoms with Gasteiger partial charge < -0.3 is 24.2 Å². The fourth-order valence-corrected chi connectivity index (χ4v) is 3.34. The molecule has 0 bridgehead atoms. The Bertz CT molecular complexity index is 1230. The van der Waals surface area contributed by atoms with E-state index in [0.29, 0.717) is 43.1 Å². The summed E-state index contributed by atoms with van der Waals surface area (Å²) in [6, 6.07) is 5.16. The summed E-state index contributed by atoms with van der Waals surface area (Å²) in [4.78, 5) is 35.4. The quantitative estimate of drug-likeness (QED) is 0.127. The summed E-state index contributed by atoms with van der Waals surface area (Å²) < 4.78 is 34.6. The van der Waals surface area contributed by atoms with Gasteiger partial charge in [0.25, 0.3) is 5.56 Å². The molecule has 0 spiro atoms. The highest BCUT2D eigenvalue weighted by atomic mass is 35.5. The number of benzene rings is 1. The molecule has 2 heterocycles. The molecule has 0 aromatic heterocycles. The number of aromatic nitrogens is 4. The molecule has 0 aliphatic carbocycles. The maximum atomic E-state index is 12.2. The highest BCUT2D eigenvalue weighted by Crippen LogP contribution is 2.23. The van der Waals surface area contributed by atoms with Crippen molar-refractivity contribution in [3.63, 3.8) is 0 Å². The summed E-state index contributed by atoms with van der Waals surface area (Å²) in [5, 5.41) is 18.8. The number of hydrogen-bond acceptors (Lipinski definition) is 9. The van der Waals surface area contributed by atoms with E-state index in [1.54, 1.807) is 22.8 Å². The summed E-state index contributed by atoms with van der Waals surface area (Å²) in [5.41, 5.74) is 0.0306. The highest BCUT2D eigenvalue weighted by Gasteiger charge is 2.19. The lowest BCUT2D eigenvalue weighted by Gasteiger charge is -2.20. The average Bonchev–Trinajstić information content (AvgIpc) is 2.67. The van der Waals surface area contributed by atoms with E-state index in [-0.39, 0.29) is 24.7 Å². The number of hydrogen-bond donors (Lipinski definition) is 5. The van der Waals surface area contributed by atoms with Gasteiger partial charge in [-0.1, -0.05) is 11.6 Å². The van der Waals surface area contributed by atoms with E-state index in [1.807, 2.05) is 0 Å². The Morgan fingerprint density at radius 2 is 1.75 bits per heavy atom. The van der Waals surface area contributed by atoms with Crippen molar-refractivity contribution in [1.29, 1.82) is 0 Å². The Labute approximate surface area is 186 Å². The van der Waals surface area contributed by atoms with E-state index in [1.165, 1.54) is 0 Å². The third kappa shape index (κ3) is 7.59. The summed E-state index contributed by atoms with van der Waals surface area (Å²) >= 11 is 6.05. The molecule has 0 atom stereocenters. The SMILES string of the molecule is O=S(=O)([O-])O.O=c1nc2n(CCC[NH+](CCO)CCO)c3ccc(Cl)cc3nc-2c(=O)[nH]1. The number of aryl methyl sites for hydroxylation is 1. The standard InChI is InChI=1S/C17H20ClN5O4.H2O4S/c18-11-2-3-13-12(10-11)19-14-15(20-17(27)21-16(14)26)23(13)5-1-4-22(6-8-24)7-9-25;1-5(2,3)4/h2-3,10,24-25H,1,4-9H2,(H,21,26,27);(H2,1,2,3,4).